The second kappa shape index (κ2) is 8.35. The molecule has 0 atom stereocenters. The van der Waals surface area contributed by atoms with Crippen LogP contribution in [0.2, 0.25) is 0 Å². The van der Waals surface area contributed by atoms with Gasteiger partial charge in [0.15, 0.2) is 0 Å². The predicted molar refractivity (Wildman–Crippen MR) is 134 cm³/mol. The predicted octanol–water partition coefficient (Wildman–Crippen LogP) is 5.44. The molecule has 152 valence electrons. The first-order valence-electron chi connectivity index (χ1n) is 10.9. The van der Waals surface area contributed by atoms with Crippen LogP contribution < -0.4 is 12.5 Å². The van der Waals surface area contributed by atoms with Gasteiger partial charge in [0.05, 0.1) is 0 Å². The second-order valence-corrected chi connectivity index (χ2v) is 15.5. The average Bonchev–Trinajstić information content (AvgIpc) is 3.05. The van der Waals surface area contributed by atoms with Crippen molar-refractivity contribution in [2.75, 3.05) is 0 Å². The Morgan fingerprint density at radius 2 is 1.31 bits per heavy atom. The molecule has 0 fully saturated rings. The summed E-state index contributed by atoms with van der Waals surface area (Å²) in [5.74, 6) is 0. The summed E-state index contributed by atoms with van der Waals surface area (Å²) < 4.78 is 3.31. The fourth-order valence-corrected chi connectivity index (χ4v) is 11.6. The summed E-state index contributed by atoms with van der Waals surface area (Å²) in [6.07, 6.45) is 2.44. The molecule has 0 heterocycles. The Bertz CT molecular complexity index is 1040. The fourth-order valence-electron chi connectivity index (χ4n) is 5.17. The molecule has 1 aliphatic rings. The molecule has 0 bridgehead atoms. The van der Waals surface area contributed by atoms with Gasteiger partial charge in [0.1, 0.15) is 0 Å². The van der Waals surface area contributed by atoms with Gasteiger partial charge in [-0.05, 0) is 0 Å². The van der Waals surface area contributed by atoms with Crippen molar-refractivity contribution in [3.63, 3.8) is 0 Å². The van der Waals surface area contributed by atoms with E-state index < -0.39 is 20.9 Å². The summed E-state index contributed by atoms with van der Waals surface area (Å²) in [7, 11) is -0.161. The summed E-state index contributed by atoms with van der Waals surface area (Å²) >= 11 is -0.426. The van der Waals surface area contributed by atoms with E-state index in [0.717, 1.165) is 11.3 Å². The molecule has 0 aliphatic heterocycles. The molecule has 0 spiro atoms. The van der Waals surface area contributed by atoms with Crippen LogP contribution in [-0.2, 0) is 12.8 Å². The minimum absolute atomic E-state index is 0.161. The Hall–Kier alpha value is -0.860. The molecule has 0 saturated heterocycles. The van der Waals surface area contributed by atoms with Crippen molar-refractivity contribution in [2.45, 2.75) is 72.6 Å². The van der Waals surface area contributed by atoms with Crippen LogP contribution in [0, 0.1) is 20.8 Å². The third-order valence-electron chi connectivity index (χ3n) is 6.14. The summed E-state index contributed by atoms with van der Waals surface area (Å²) in [6.45, 7) is 16.6. The maximum atomic E-state index is 2.52. The summed E-state index contributed by atoms with van der Waals surface area (Å²) in [5.41, 5.74) is 9.00. The molecule has 3 aromatic carbocycles. The van der Waals surface area contributed by atoms with Gasteiger partial charge in [-0.3, -0.25) is 0 Å². The van der Waals surface area contributed by atoms with E-state index in [1.807, 2.05) is 0 Å². The van der Waals surface area contributed by atoms with Crippen LogP contribution in [0.4, 0.5) is 0 Å². The van der Waals surface area contributed by atoms with Crippen LogP contribution in [0.15, 0.2) is 36.4 Å². The van der Waals surface area contributed by atoms with Crippen molar-refractivity contribution in [1.82, 2.24) is 0 Å². The Kier molecular flexibility index (Phi) is 6.15. The fraction of sp³-hybridized carbons (Fsp3) is 0.407. The van der Waals surface area contributed by atoms with Crippen molar-refractivity contribution in [1.29, 1.82) is 0 Å². The normalized spacial score (nSPS) is 13.4. The van der Waals surface area contributed by atoms with Crippen molar-refractivity contribution in [3.05, 3.63) is 64.2 Å². The Balaban J connectivity index is 1.97. The van der Waals surface area contributed by atoms with E-state index in [4.69, 9.17) is 0 Å². The third-order valence-corrected chi connectivity index (χ3v) is 13.3. The molecule has 4 rings (SSSR count). The zero-order valence-corrected chi connectivity index (χ0v) is 22.1. The zero-order chi connectivity index (χ0) is 20.9. The standard InChI is InChI=1S/C27H33PTe/c1-16(2)28(17(3)4)23-12-10-21-8-9-22-11-13-24(26(23)25(21)22)29-27-19(6)14-18(5)15-20(27)7/h10-17H,8-9H2,1-7H3. The first-order valence-corrected chi connectivity index (χ1v) is 14.7. The van der Waals surface area contributed by atoms with Crippen LogP contribution in [0.3, 0.4) is 0 Å². The van der Waals surface area contributed by atoms with Gasteiger partial charge in [0, 0.05) is 0 Å². The van der Waals surface area contributed by atoms with Gasteiger partial charge in [-0.15, -0.1) is 0 Å². The second-order valence-electron chi connectivity index (χ2n) is 9.14. The molecular weight excluding hydrogens is 483 g/mol. The maximum absolute atomic E-state index is 2.52. The van der Waals surface area contributed by atoms with Gasteiger partial charge in [-0.1, -0.05) is 0 Å². The monoisotopic (exact) mass is 518 g/mol. The van der Waals surface area contributed by atoms with E-state index in [-0.39, 0.29) is 7.92 Å². The Morgan fingerprint density at radius 3 is 1.86 bits per heavy atom. The van der Waals surface area contributed by atoms with Crippen molar-refractivity contribution >= 4 is 52.1 Å². The van der Waals surface area contributed by atoms with E-state index in [1.54, 1.807) is 34.4 Å². The van der Waals surface area contributed by atoms with Crippen LogP contribution >= 0.6 is 7.92 Å². The molecule has 0 saturated carbocycles. The van der Waals surface area contributed by atoms with Crippen molar-refractivity contribution < 1.29 is 0 Å². The van der Waals surface area contributed by atoms with Crippen LogP contribution in [-0.4, -0.2) is 32.2 Å². The van der Waals surface area contributed by atoms with Gasteiger partial charge in [-0.2, -0.15) is 0 Å². The van der Waals surface area contributed by atoms with E-state index in [9.17, 15) is 0 Å². The SMILES string of the molecule is Cc1cc(C)c([Te]c2ccc3c4c(ccc(P(C(C)C)C(C)C)c24)CC3)c(C)c1. The molecule has 0 aromatic heterocycles. The Morgan fingerprint density at radius 1 is 0.759 bits per heavy atom. The molecule has 0 N–H and O–H groups in total. The molecule has 2 heteroatoms. The molecule has 0 radical (unpaired) electrons. The first-order chi connectivity index (χ1) is 13.8. The summed E-state index contributed by atoms with van der Waals surface area (Å²) in [6, 6.07) is 14.7. The topological polar surface area (TPSA) is 0 Å². The van der Waals surface area contributed by atoms with Gasteiger partial charge >= 0.3 is 189 Å². The summed E-state index contributed by atoms with van der Waals surface area (Å²) in [5, 5.41) is 4.96. The van der Waals surface area contributed by atoms with E-state index >= 15 is 0 Å². The number of hydrogen-bond donors (Lipinski definition) is 0. The van der Waals surface area contributed by atoms with Gasteiger partial charge in [0.25, 0.3) is 0 Å². The molecule has 0 nitrogen and oxygen atoms in total. The average molecular weight is 516 g/mol. The van der Waals surface area contributed by atoms with Gasteiger partial charge in [0.2, 0.25) is 0 Å². The molecule has 0 amide bonds. The van der Waals surface area contributed by atoms with Gasteiger partial charge in [-0.25, -0.2) is 0 Å². The molecule has 0 unspecified atom stereocenters. The van der Waals surface area contributed by atoms with Gasteiger partial charge < -0.3 is 0 Å². The van der Waals surface area contributed by atoms with E-state index in [0.29, 0.717) is 0 Å². The molecule has 1 aliphatic carbocycles. The van der Waals surface area contributed by atoms with Crippen molar-refractivity contribution in [3.8, 4) is 0 Å². The quantitative estimate of drug-likeness (QED) is 0.313. The number of benzene rings is 3. The third kappa shape index (κ3) is 3.92. The minimum atomic E-state index is -0.426. The number of rotatable bonds is 5. The van der Waals surface area contributed by atoms with Crippen LogP contribution in [0.5, 0.6) is 0 Å². The zero-order valence-electron chi connectivity index (χ0n) is 18.9. The number of hydrogen-bond acceptors (Lipinski definition) is 0. The molecule has 3 aromatic rings. The van der Waals surface area contributed by atoms with E-state index in [1.165, 1.54) is 29.5 Å². The molecule has 29 heavy (non-hydrogen) atoms. The number of aryl methyl sites for hydroxylation is 5. The summed E-state index contributed by atoms with van der Waals surface area (Å²) in [4.78, 5) is 0. The van der Waals surface area contributed by atoms with Crippen molar-refractivity contribution in [2.24, 2.45) is 0 Å². The Labute approximate surface area is 188 Å². The van der Waals surface area contributed by atoms with Crippen LogP contribution in [0.25, 0.3) is 10.8 Å². The first kappa shape index (κ1) is 21.4. The van der Waals surface area contributed by atoms with Crippen LogP contribution in [0.1, 0.15) is 55.5 Å². The molecular formula is C27H33PTe. The van der Waals surface area contributed by atoms with E-state index in [2.05, 4.69) is 84.9 Å².